The second-order valence-electron chi connectivity index (χ2n) is 12.8. The number of esters is 1. The Kier molecular flexibility index (Phi) is 9.27. The number of β-lactam (4-membered cyclic amide) rings is 1. The van der Waals surface area contributed by atoms with Crippen LogP contribution in [0.2, 0.25) is 0 Å². The summed E-state index contributed by atoms with van der Waals surface area (Å²) in [6.45, 7) is 5.34. The van der Waals surface area contributed by atoms with Crippen molar-refractivity contribution in [2.75, 3.05) is 11.9 Å². The molecular formula is C38H38N2O5PS+. The number of hydrogen-bond donors (Lipinski definition) is 1. The minimum absolute atomic E-state index is 0.0718. The molecule has 2 aliphatic rings. The first kappa shape index (κ1) is 32.5. The second-order valence-corrected chi connectivity index (χ2v) is 17.8. The van der Waals surface area contributed by atoms with Crippen LogP contribution in [0.15, 0.2) is 133 Å². The molecule has 0 spiro atoms. The Hall–Kier alpha value is -4.39. The van der Waals surface area contributed by atoms with Crippen LogP contribution in [-0.4, -0.2) is 55.8 Å². The molecule has 7 nitrogen and oxygen atoms in total. The molecule has 0 radical (unpaired) electrons. The van der Waals surface area contributed by atoms with Crippen molar-refractivity contribution in [1.82, 2.24) is 10.2 Å². The highest BCUT2D eigenvalue weighted by Crippen LogP contribution is 2.57. The van der Waals surface area contributed by atoms with Gasteiger partial charge in [0.15, 0.2) is 0 Å². The SMILES string of the molecule is CC(C)(C)OC(=O)C1=C(C[P+](c2ccccc2)(c2ccccc2)c2ccccc2)C[S@](=O)[C@@H]2[C@H](NC(=O)Cc3ccccc3)C(=O)N12. The Morgan fingerprint density at radius 1 is 0.809 bits per heavy atom. The van der Waals surface area contributed by atoms with Gasteiger partial charge < -0.3 is 10.1 Å². The van der Waals surface area contributed by atoms with Gasteiger partial charge >= 0.3 is 5.97 Å². The molecule has 0 aliphatic carbocycles. The molecule has 47 heavy (non-hydrogen) atoms. The molecule has 2 aliphatic heterocycles. The van der Waals surface area contributed by atoms with Crippen LogP contribution in [0.3, 0.4) is 0 Å². The van der Waals surface area contributed by atoms with E-state index in [1.54, 1.807) is 20.8 Å². The summed E-state index contributed by atoms with van der Waals surface area (Å²) in [6, 6.07) is 38.9. The summed E-state index contributed by atoms with van der Waals surface area (Å²) in [5, 5.41) is 5.23. The molecule has 6 rings (SSSR count). The Labute approximate surface area is 278 Å². The first-order valence-corrected chi connectivity index (χ1v) is 19.0. The lowest BCUT2D eigenvalue weighted by molar-refractivity contribution is -0.159. The number of amides is 2. The predicted octanol–water partition coefficient (Wildman–Crippen LogP) is 4.23. The molecule has 2 amide bonds. The number of carbonyl (C=O) groups is 3. The number of nitrogens with zero attached hydrogens (tertiary/aromatic N) is 1. The molecule has 4 aromatic carbocycles. The van der Waals surface area contributed by atoms with E-state index in [0.717, 1.165) is 21.5 Å². The van der Waals surface area contributed by atoms with Gasteiger partial charge in [0.1, 0.15) is 45.9 Å². The highest BCUT2D eigenvalue weighted by atomic mass is 32.2. The Bertz CT molecular complexity index is 1730. The molecule has 0 aromatic heterocycles. The molecular weight excluding hydrogens is 627 g/mol. The molecule has 2 heterocycles. The van der Waals surface area contributed by atoms with Gasteiger partial charge in [-0.1, -0.05) is 84.9 Å². The van der Waals surface area contributed by atoms with Gasteiger partial charge in [-0.05, 0) is 62.7 Å². The van der Waals surface area contributed by atoms with Gasteiger partial charge in [-0.2, -0.15) is 0 Å². The summed E-state index contributed by atoms with van der Waals surface area (Å²) in [6.07, 6.45) is 0.467. The number of benzene rings is 4. The van der Waals surface area contributed by atoms with E-state index in [9.17, 15) is 18.6 Å². The predicted molar refractivity (Wildman–Crippen MR) is 189 cm³/mol. The smallest absolute Gasteiger partial charge is 0.355 e. The summed E-state index contributed by atoms with van der Waals surface area (Å²) in [7, 11) is -4.10. The molecule has 0 bridgehead atoms. The Morgan fingerprint density at radius 3 is 1.74 bits per heavy atom. The van der Waals surface area contributed by atoms with Crippen molar-refractivity contribution in [3.05, 3.63) is 138 Å². The number of hydrogen-bond acceptors (Lipinski definition) is 5. The number of fused-ring (bicyclic) bond motifs is 1. The van der Waals surface area contributed by atoms with Crippen molar-refractivity contribution in [2.45, 2.75) is 44.2 Å². The zero-order valence-electron chi connectivity index (χ0n) is 26.7. The van der Waals surface area contributed by atoms with Gasteiger partial charge in [0.2, 0.25) is 5.91 Å². The van der Waals surface area contributed by atoms with Crippen LogP contribution >= 0.6 is 7.26 Å². The maximum atomic E-state index is 14.1. The van der Waals surface area contributed by atoms with Gasteiger partial charge in [0.05, 0.1) is 29.1 Å². The van der Waals surface area contributed by atoms with Crippen LogP contribution in [0.4, 0.5) is 0 Å². The molecule has 9 heteroatoms. The van der Waals surface area contributed by atoms with Crippen LogP contribution < -0.4 is 21.2 Å². The minimum Gasteiger partial charge on any atom is -0.455 e. The fourth-order valence-electron chi connectivity index (χ4n) is 6.35. The van der Waals surface area contributed by atoms with Crippen LogP contribution in [0.1, 0.15) is 26.3 Å². The molecule has 1 N–H and O–H groups in total. The quantitative estimate of drug-likeness (QED) is 0.164. The third kappa shape index (κ3) is 6.58. The Balaban J connectivity index is 1.45. The van der Waals surface area contributed by atoms with Crippen molar-refractivity contribution >= 4 is 51.8 Å². The van der Waals surface area contributed by atoms with Gasteiger partial charge in [0.25, 0.3) is 5.91 Å². The van der Waals surface area contributed by atoms with E-state index in [1.807, 2.05) is 84.9 Å². The third-order valence-electron chi connectivity index (χ3n) is 8.34. The van der Waals surface area contributed by atoms with Crippen molar-refractivity contribution in [3.63, 3.8) is 0 Å². The van der Waals surface area contributed by atoms with Gasteiger partial charge in [-0.25, -0.2) is 4.79 Å². The number of rotatable bonds is 9. The molecule has 4 aromatic rings. The standard InChI is InChI=1S/C38H37N2O5PS/c1-38(2,3)45-37(43)34-28(26-47(44)36-33(35(42)40(34)36)39-32(41)24-27-16-8-4-9-17-27)25-46(29-18-10-5-11-19-29,30-20-12-6-13-21-30)31-22-14-7-15-23-31/h4-23,33,36H,24-26H2,1-3H3/p+1/t33-,36-,47+/m1/s1. The topological polar surface area (TPSA) is 92.8 Å². The first-order valence-electron chi connectivity index (χ1n) is 15.6. The van der Waals surface area contributed by atoms with Gasteiger partial charge in [-0.3, -0.25) is 18.7 Å². The van der Waals surface area contributed by atoms with Crippen molar-refractivity contribution in [3.8, 4) is 0 Å². The summed E-state index contributed by atoms with van der Waals surface area (Å²) in [4.78, 5) is 42.3. The lowest BCUT2D eigenvalue weighted by atomic mass is 10.0. The van der Waals surface area contributed by atoms with Gasteiger partial charge in [0, 0.05) is 5.57 Å². The molecule has 3 atom stereocenters. The zero-order valence-corrected chi connectivity index (χ0v) is 28.4. The maximum absolute atomic E-state index is 14.1. The summed E-state index contributed by atoms with van der Waals surface area (Å²) < 4.78 is 20.0. The number of carbonyl (C=O) groups excluding carboxylic acids is 3. The summed E-state index contributed by atoms with van der Waals surface area (Å²) in [5.41, 5.74) is 0.720. The fourth-order valence-corrected chi connectivity index (χ4v) is 12.5. The lowest BCUT2D eigenvalue weighted by Gasteiger charge is -2.49. The monoisotopic (exact) mass is 665 g/mol. The number of ether oxygens (including phenoxy) is 1. The molecule has 0 saturated carbocycles. The zero-order chi connectivity index (χ0) is 33.2. The van der Waals surface area contributed by atoms with Crippen molar-refractivity contribution in [1.29, 1.82) is 0 Å². The maximum Gasteiger partial charge on any atom is 0.355 e. The van der Waals surface area contributed by atoms with E-state index in [4.69, 9.17) is 4.74 Å². The molecule has 0 unspecified atom stereocenters. The average molecular weight is 666 g/mol. The highest BCUT2D eigenvalue weighted by molar-refractivity contribution is 7.96. The third-order valence-corrected chi connectivity index (χ3v) is 14.4. The van der Waals surface area contributed by atoms with E-state index in [2.05, 4.69) is 41.7 Å². The van der Waals surface area contributed by atoms with E-state index in [-0.39, 0.29) is 23.8 Å². The number of nitrogens with one attached hydrogen (secondary N) is 1. The lowest BCUT2D eigenvalue weighted by Crippen LogP contribution is -2.74. The summed E-state index contributed by atoms with van der Waals surface area (Å²) >= 11 is 0. The minimum atomic E-state index is -2.50. The molecule has 1 saturated heterocycles. The van der Waals surface area contributed by atoms with Crippen molar-refractivity contribution < 1.29 is 23.3 Å². The van der Waals surface area contributed by atoms with Crippen LogP contribution in [-0.2, 0) is 36.3 Å². The second kappa shape index (κ2) is 13.4. The highest BCUT2D eigenvalue weighted by Gasteiger charge is 2.59. The van der Waals surface area contributed by atoms with Crippen LogP contribution in [0.25, 0.3) is 0 Å². The Morgan fingerprint density at radius 2 is 1.28 bits per heavy atom. The first-order chi connectivity index (χ1) is 22.6. The van der Waals surface area contributed by atoms with E-state index >= 15 is 0 Å². The van der Waals surface area contributed by atoms with Gasteiger partial charge in [-0.15, -0.1) is 0 Å². The molecule has 1 fully saturated rings. The van der Waals surface area contributed by atoms with Crippen LogP contribution in [0.5, 0.6) is 0 Å². The van der Waals surface area contributed by atoms with Crippen LogP contribution in [0, 0.1) is 0 Å². The summed E-state index contributed by atoms with van der Waals surface area (Å²) in [5.74, 6) is -1.38. The average Bonchev–Trinajstić information content (AvgIpc) is 3.06. The molecule has 240 valence electrons. The van der Waals surface area contributed by atoms with Crippen molar-refractivity contribution in [2.24, 2.45) is 0 Å². The fraction of sp³-hybridized carbons (Fsp3) is 0.237. The van der Waals surface area contributed by atoms with E-state index in [0.29, 0.717) is 11.7 Å². The van der Waals surface area contributed by atoms with E-state index in [1.165, 1.54) is 4.90 Å². The normalized spacial score (nSPS) is 19.4. The largest absolute Gasteiger partial charge is 0.455 e. The van der Waals surface area contributed by atoms with E-state index < -0.39 is 47.0 Å².